The smallest absolute Gasteiger partial charge is 0.0734 e. The number of hydrogen-bond donors (Lipinski definition) is 0. The summed E-state index contributed by atoms with van der Waals surface area (Å²) >= 11 is 0. The summed E-state index contributed by atoms with van der Waals surface area (Å²) in [5.41, 5.74) is 24.7. The van der Waals surface area contributed by atoms with Crippen LogP contribution in [0.25, 0.3) is 83.1 Å². The summed E-state index contributed by atoms with van der Waals surface area (Å²) in [6.45, 7) is 0. The van der Waals surface area contributed by atoms with Crippen molar-refractivity contribution in [3.8, 4) is 61.3 Å². The van der Waals surface area contributed by atoms with E-state index < -0.39 is 5.41 Å². The van der Waals surface area contributed by atoms with Gasteiger partial charge in [-0.1, -0.05) is 237 Å². The van der Waals surface area contributed by atoms with Gasteiger partial charge in [-0.25, -0.2) is 0 Å². The minimum Gasteiger partial charge on any atom is -0.309 e. The second kappa shape index (κ2) is 15.7. The van der Waals surface area contributed by atoms with Gasteiger partial charge in [0.25, 0.3) is 0 Å². The van der Waals surface area contributed by atoms with Crippen molar-refractivity contribution >= 4 is 21.8 Å². The van der Waals surface area contributed by atoms with Crippen molar-refractivity contribution in [3.05, 3.63) is 306 Å². The van der Waals surface area contributed by atoms with Crippen molar-refractivity contribution < 1.29 is 0 Å². The highest BCUT2D eigenvalue weighted by Gasteiger charge is 2.48. The van der Waals surface area contributed by atoms with Crippen molar-refractivity contribution in [2.75, 3.05) is 0 Å². The van der Waals surface area contributed by atoms with Crippen LogP contribution in [-0.4, -0.2) is 4.57 Å². The van der Waals surface area contributed by atoms with Crippen LogP contribution in [0.4, 0.5) is 0 Å². The molecule has 69 heavy (non-hydrogen) atoms. The van der Waals surface area contributed by atoms with Gasteiger partial charge >= 0.3 is 0 Å². The summed E-state index contributed by atoms with van der Waals surface area (Å²) < 4.78 is 2.56. The Morgan fingerprint density at radius 3 is 1.58 bits per heavy atom. The predicted molar refractivity (Wildman–Crippen MR) is 287 cm³/mol. The number of rotatable bonds is 7. The highest BCUT2D eigenvalue weighted by atomic mass is 15.0. The number of fused-ring (bicyclic) bond motifs is 10. The fraction of sp³-hybridized carbons (Fsp3) is 0.0294. The van der Waals surface area contributed by atoms with Crippen LogP contribution in [0.5, 0.6) is 0 Å². The van der Waals surface area contributed by atoms with Gasteiger partial charge in [-0.2, -0.15) is 0 Å². The van der Waals surface area contributed by atoms with Gasteiger partial charge in [-0.05, 0) is 119 Å². The van der Waals surface area contributed by atoms with E-state index in [0.717, 1.165) is 5.69 Å². The van der Waals surface area contributed by atoms with Gasteiger partial charge in [-0.3, -0.25) is 0 Å². The summed E-state index contributed by atoms with van der Waals surface area (Å²) in [5, 5.41) is 2.48. The lowest BCUT2D eigenvalue weighted by Gasteiger charge is -2.34. The number of benzene rings is 11. The topological polar surface area (TPSA) is 4.93 Å². The molecule has 1 heteroatoms. The third-order valence-corrected chi connectivity index (χ3v) is 15.2. The SMILES string of the molecule is c1ccc(-c2ccc(-n3c4ccc(-c5ccc6c(c5)-c5ccccc5C6c5cccc(-c6ccccc6)c5)cc4c4ccc5c(c43)C(c3ccccc3)(c3ccccc3)c3ccccc3-5)cc2)cc1. The van der Waals surface area contributed by atoms with Crippen LogP contribution in [0, 0.1) is 0 Å². The molecule has 11 aromatic carbocycles. The lowest BCUT2D eigenvalue weighted by Crippen LogP contribution is -2.29. The highest BCUT2D eigenvalue weighted by Crippen LogP contribution is 2.59. The minimum atomic E-state index is -0.572. The molecule has 12 aromatic rings. The van der Waals surface area contributed by atoms with Gasteiger partial charge in [0, 0.05) is 27.9 Å². The molecule has 0 N–H and O–H groups in total. The molecule has 1 nitrogen and oxygen atoms in total. The highest BCUT2D eigenvalue weighted by molar-refractivity contribution is 6.15. The molecule has 0 saturated carbocycles. The molecule has 14 rings (SSSR count). The molecule has 1 unspecified atom stereocenters. The molecule has 322 valence electrons. The molecular formula is C68H45N. The van der Waals surface area contributed by atoms with E-state index in [0.29, 0.717) is 0 Å². The molecular weight excluding hydrogens is 831 g/mol. The first kappa shape index (κ1) is 39.4. The Kier molecular flexibility index (Phi) is 8.94. The predicted octanol–water partition coefficient (Wildman–Crippen LogP) is 17.3. The third-order valence-electron chi connectivity index (χ3n) is 15.2. The normalized spacial score (nSPS) is 14.1. The fourth-order valence-corrected chi connectivity index (χ4v) is 12.2. The van der Waals surface area contributed by atoms with E-state index in [9.17, 15) is 0 Å². The zero-order valence-electron chi connectivity index (χ0n) is 37.9. The second-order valence-corrected chi connectivity index (χ2v) is 18.7. The Hall–Kier alpha value is -8.78. The third kappa shape index (κ3) is 5.97. The lowest BCUT2D eigenvalue weighted by molar-refractivity contribution is 0.772. The molecule has 2 aliphatic rings. The van der Waals surface area contributed by atoms with E-state index in [-0.39, 0.29) is 5.92 Å². The summed E-state index contributed by atoms with van der Waals surface area (Å²) in [5.74, 6) is 0.156. The Balaban J connectivity index is 0.999. The molecule has 1 heterocycles. The van der Waals surface area contributed by atoms with Crippen LogP contribution in [0.2, 0.25) is 0 Å². The Morgan fingerprint density at radius 2 is 0.855 bits per heavy atom. The van der Waals surface area contributed by atoms with Crippen molar-refractivity contribution in [2.45, 2.75) is 11.3 Å². The number of aromatic nitrogens is 1. The summed E-state index contributed by atoms with van der Waals surface area (Å²) in [6, 6.07) is 99.4. The van der Waals surface area contributed by atoms with Gasteiger partial charge in [0.15, 0.2) is 0 Å². The van der Waals surface area contributed by atoms with E-state index in [4.69, 9.17) is 0 Å². The molecule has 1 aromatic heterocycles. The zero-order valence-corrected chi connectivity index (χ0v) is 37.9. The van der Waals surface area contributed by atoms with E-state index in [1.807, 2.05) is 0 Å². The molecule has 0 amide bonds. The quantitative estimate of drug-likeness (QED) is 0.150. The van der Waals surface area contributed by atoms with Crippen LogP contribution in [0.1, 0.15) is 44.9 Å². The molecule has 0 aliphatic heterocycles. The number of hydrogen-bond acceptors (Lipinski definition) is 0. The standard InChI is InChI=1S/C68H45N/c1-5-18-45(19-6-1)47-32-36-54(37-33-47)69-64-41-35-50(49-34-38-58-61(43-49)55-28-13-14-30-57(55)65(58)51-23-17-22-48(42-51)46-20-7-2-8-21-46)44-62(64)60-40-39-59-56-29-15-16-31-63(56)68(66(59)67(60)69,52-24-9-3-10-25-52)53-26-11-4-12-27-53/h1-44,65H. The summed E-state index contributed by atoms with van der Waals surface area (Å²) in [6.07, 6.45) is 0. The molecule has 0 saturated heterocycles. The van der Waals surface area contributed by atoms with Crippen molar-refractivity contribution in [3.63, 3.8) is 0 Å². The first-order valence-electron chi connectivity index (χ1n) is 24.1. The van der Waals surface area contributed by atoms with Crippen LogP contribution in [0.3, 0.4) is 0 Å². The average Bonchev–Trinajstić information content (AvgIpc) is 4.06. The maximum atomic E-state index is 2.56. The van der Waals surface area contributed by atoms with Crippen molar-refractivity contribution in [1.29, 1.82) is 0 Å². The minimum absolute atomic E-state index is 0.156. The van der Waals surface area contributed by atoms with Gasteiger partial charge in [0.1, 0.15) is 0 Å². The summed E-state index contributed by atoms with van der Waals surface area (Å²) in [4.78, 5) is 0. The van der Waals surface area contributed by atoms with Gasteiger partial charge in [0.05, 0.1) is 16.4 Å². The van der Waals surface area contributed by atoms with Crippen LogP contribution >= 0.6 is 0 Å². The first-order valence-corrected chi connectivity index (χ1v) is 24.1. The Labute approximate surface area is 402 Å². The molecule has 0 radical (unpaired) electrons. The lowest BCUT2D eigenvalue weighted by atomic mass is 9.67. The molecule has 0 fully saturated rings. The summed E-state index contributed by atoms with van der Waals surface area (Å²) in [7, 11) is 0. The molecule has 0 spiro atoms. The average molecular weight is 876 g/mol. The van der Waals surface area contributed by atoms with Crippen LogP contribution in [-0.2, 0) is 5.41 Å². The fourth-order valence-electron chi connectivity index (χ4n) is 12.2. The number of nitrogens with zero attached hydrogens (tertiary/aromatic N) is 1. The van der Waals surface area contributed by atoms with E-state index in [1.54, 1.807) is 0 Å². The first-order chi connectivity index (χ1) is 34.2. The monoisotopic (exact) mass is 875 g/mol. The van der Waals surface area contributed by atoms with Gasteiger partial charge in [0.2, 0.25) is 0 Å². The Morgan fingerprint density at radius 1 is 0.319 bits per heavy atom. The molecule has 1 atom stereocenters. The van der Waals surface area contributed by atoms with E-state index in [2.05, 4.69) is 271 Å². The van der Waals surface area contributed by atoms with Crippen molar-refractivity contribution in [2.24, 2.45) is 0 Å². The van der Waals surface area contributed by atoms with E-state index >= 15 is 0 Å². The van der Waals surface area contributed by atoms with Crippen LogP contribution in [0.15, 0.2) is 267 Å². The largest absolute Gasteiger partial charge is 0.309 e. The molecule has 0 bridgehead atoms. The second-order valence-electron chi connectivity index (χ2n) is 18.7. The van der Waals surface area contributed by atoms with E-state index in [1.165, 1.54) is 116 Å². The Bertz CT molecular complexity index is 3880. The maximum Gasteiger partial charge on any atom is 0.0734 e. The van der Waals surface area contributed by atoms with Crippen LogP contribution < -0.4 is 0 Å². The molecule has 2 aliphatic carbocycles. The van der Waals surface area contributed by atoms with Gasteiger partial charge in [-0.15, -0.1) is 0 Å². The van der Waals surface area contributed by atoms with Crippen molar-refractivity contribution in [1.82, 2.24) is 4.57 Å². The maximum absolute atomic E-state index is 2.56. The zero-order chi connectivity index (χ0) is 45.5. The van der Waals surface area contributed by atoms with Gasteiger partial charge < -0.3 is 4.57 Å².